The van der Waals surface area contributed by atoms with Crippen molar-refractivity contribution < 1.29 is 9.42 Å². The lowest BCUT2D eigenvalue weighted by Gasteiger charge is -2.06. The van der Waals surface area contributed by atoms with Gasteiger partial charge in [-0.15, -0.1) is 0 Å². The van der Waals surface area contributed by atoms with E-state index < -0.39 is 0 Å². The lowest BCUT2D eigenvalue weighted by molar-refractivity contribution is 0.0944. The number of anilines is 1. The molecule has 2 aromatic rings. The van der Waals surface area contributed by atoms with E-state index in [2.05, 4.69) is 56.8 Å². The van der Waals surface area contributed by atoms with Crippen molar-refractivity contribution in [1.29, 1.82) is 0 Å². The maximum absolute atomic E-state index is 11.6. The van der Waals surface area contributed by atoms with Crippen LogP contribution in [0.1, 0.15) is 21.6 Å². The molecule has 106 valence electrons. The van der Waals surface area contributed by atoms with E-state index in [0.29, 0.717) is 13.1 Å². The van der Waals surface area contributed by atoms with E-state index in [1.54, 1.807) is 0 Å². The van der Waals surface area contributed by atoms with E-state index in [9.17, 15) is 4.79 Å². The molecule has 0 fully saturated rings. The van der Waals surface area contributed by atoms with Crippen LogP contribution in [-0.2, 0) is 6.54 Å². The number of aryl methyl sites for hydroxylation is 1. The van der Waals surface area contributed by atoms with Gasteiger partial charge in [0.15, 0.2) is 0 Å². The number of aromatic nitrogens is 2. The Labute approximate surface area is 116 Å². The summed E-state index contributed by atoms with van der Waals surface area (Å²) in [5.41, 5.74) is 7.87. The van der Waals surface area contributed by atoms with E-state index in [0.717, 1.165) is 6.54 Å². The van der Waals surface area contributed by atoms with Gasteiger partial charge in [-0.1, -0.05) is 29.8 Å². The summed E-state index contributed by atoms with van der Waals surface area (Å²) in [6, 6.07) is 8.28. The van der Waals surface area contributed by atoms with Crippen LogP contribution in [-0.4, -0.2) is 29.3 Å². The van der Waals surface area contributed by atoms with Crippen molar-refractivity contribution in [2.45, 2.75) is 13.5 Å². The molecule has 7 heteroatoms. The molecule has 0 bridgehead atoms. The van der Waals surface area contributed by atoms with E-state index in [4.69, 9.17) is 5.73 Å². The molecule has 0 aliphatic heterocycles. The van der Waals surface area contributed by atoms with Gasteiger partial charge in [-0.25, -0.2) is 4.63 Å². The summed E-state index contributed by atoms with van der Waals surface area (Å²) in [5, 5.41) is 12.7. The van der Waals surface area contributed by atoms with Gasteiger partial charge in [-0.2, -0.15) is 0 Å². The summed E-state index contributed by atoms with van der Waals surface area (Å²) in [6.07, 6.45) is 0. The zero-order valence-corrected chi connectivity index (χ0v) is 11.2. The molecular weight excluding hydrogens is 258 g/mol. The molecular formula is C13H17N5O2. The standard InChI is InChI=1S/C13H17N5O2/c1-9-2-4-10(5-3-9)8-15-6-7-16-13(19)11-12(14)18-20-17-11/h2-5,15H,6-8H2,1H3,(H2,14,18)(H,16,19). The Bertz CT molecular complexity index is 564. The quantitative estimate of drug-likeness (QED) is 0.662. The SMILES string of the molecule is Cc1ccc(CNCCNC(=O)c2nonc2N)cc1. The van der Waals surface area contributed by atoms with Crippen LogP contribution < -0.4 is 16.4 Å². The average Bonchev–Trinajstić information content (AvgIpc) is 2.86. The molecule has 0 saturated heterocycles. The largest absolute Gasteiger partial charge is 0.379 e. The molecule has 1 aromatic carbocycles. The van der Waals surface area contributed by atoms with Crippen LogP contribution in [0.2, 0.25) is 0 Å². The first kappa shape index (κ1) is 14.0. The van der Waals surface area contributed by atoms with Gasteiger partial charge in [0.25, 0.3) is 5.91 Å². The highest BCUT2D eigenvalue weighted by Crippen LogP contribution is 2.03. The molecule has 20 heavy (non-hydrogen) atoms. The number of carbonyl (C=O) groups is 1. The van der Waals surface area contributed by atoms with E-state index in [1.807, 2.05) is 0 Å². The number of carbonyl (C=O) groups excluding carboxylic acids is 1. The average molecular weight is 275 g/mol. The predicted octanol–water partition coefficient (Wildman–Crippen LogP) is 0.480. The summed E-state index contributed by atoms with van der Waals surface area (Å²) >= 11 is 0. The lowest BCUT2D eigenvalue weighted by Crippen LogP contribution is -2.32. The topological polar surface area (TPSA) is 106 Å². The highest BCUT2D eigenvalue weighted by Gasteiger charge is 2.14. The van der Waals surface area contributed by atoms with Crippen molar-refractivity contribution in [2.75, 3.05) is 18.8 Å². The number of nitrogens with one attached hydrogen (secondary N) is 2. The summed E-state index contributed by atoms with van der Waals surface area (Å²) in [5.74, 6) is -0.393. The summed E-state index contributed by atoms with van der Waals surface area (Å²) in [6.45, 7) is 3.92. The molecule has 1 aromatic heterocycles. The van der Waals surface area contributed by atoms with Crippen LogP contribution in [0.5, 0.6) is 0 Å². The monoisotopic (exact) mass is 275 g/mol. The first-order valence-corrected chi connectivity index (χ1v) is 6.29. The Kier molecular flexibility index (Phi) is 4.67. The van der Waals surface area contributed by atoms with E-state index in [1.165, 1.54) is 11.1 Å². The summed E-state index contributed by atoms with van der Waals surface area (Å²) in [4.78, 5) is 11.6. The molecule has 0 aliphatic rings. The van der Waals surface area contributed by atoms with Gasteiger partial charge in [-0.3, -0.25) is 4.79 Å². The van der Waals surface area contributed by atoms with Gasteiger partial charge in [0.2, 0.25) is 11.5 Å². The van der Waals surface area contributed by atoms with Gasteiger partial charge in [0.05, 0.1) is 0 Å². The minimum atomic E-state index is -0.388. The predicted molar refractivity (Wildman–Crippen MR) is 73.9 cm³/mol. The maximum atomic E-state index is 11.6. The smallest absolute Gasteiger partial charge is 0.277 e. The van der Waals surface area contributed by atoms with Gasteiger partial charge in [0, 0.05) is 19.6 Å². The maximum Gasteiger partial charge on any atom is 0.277 e. The van der Waals surface area contributed by atoms with E-state index in [-0.39, 0.29) is 17.4 Å². The second-order valence-electron chi connectivity index (χ2n) is 4.42. The second-order valence-corrected chi connectivity index (χ2v) is 4.42. The van der Waals surface area contributed by atoms with Crippen LogP contribution in [0.25, 0.3) is 0 Å². The van der Waals surface area contributed by atoms with Gasteiger partial charge in [-0.05, 0) is 22.8 Å². The van der Waals surface area contributed by atoms with E-state index >= 15 is 0 Å². The molecule has 0 atom stereocenters. The fraction of sp³-hybridized carbons (Fsp3) is 0.308. The third-order valence-corrected chi connectivity index (χ3v) is 2.77. The highest BCUT2D eigenvalue weighted by atomic mass is 16.6. The number of nitrogens with zero attached hydrogens (tertiary/aromatic N) is 2. The van der Waals surface area contributed by atoms with Gasteiger partial charge >= 0.3 is 0 Å². The molecule has 0 radical (unpaired) electrons. The molecule has 2 rings (SSSR count). The number of benzene rings is 1. The van der Waals surface area contributed by atoms with Crippen LogP contribution in [0.4, 0.5) is 5.82 Å². The molecule has 0 spiro atoms. The number of nitrogen functional groups attached to an aromatic ring is 1. The number of hydrogen-bond acceptors (Lipinski definition) is 6. The molecule has 1 amide bonds. The molecule has 0 unspecified atom stereocenters. The molecule has 4 N–H and O–H groups in total. The molecule has 7 nitrogen and oxygen atoms in total. The highest BCUT2D eigenvalue weighted by molar-refractivity contribution is 5.95. The first-order valence-electron chi connectivity index (χ1n) is 6.29. The van der Waals surface area contributed by atoms with Crippen LogP contribution in [0.15, 0.2) is 28.9 Å². The van der Waals surface area contributed by atoms with Crippen LogP contribution in [0.3, 0.4) is 0 Å². The normalized spacial score (nSPS) is 10.4. The zero-order chi connectivity index (χ0) is 14.4. The summed E-state index contributed by atoms with van der Waals surface area (Å²) < 4.78 is 4.36. The van der Waals surface area contributed by atoms with Crippen molar-refractivity contribution in [3.63, 3.8) is 0 Å². The number of rotatable bonds is 6. The third-order valence-electron chi connectivity index (χ3n) is 2.77. The van der Waals surface area contributed by atoms with Crippen molar-refractivity contribution in [3.05, 3.63) is 41.1 Å². The number of hydrogen-bond donors (Lipinski definition) is 3. The van der Waals surface area contributed by atoms with Crippen molar-refractivity contribution in [3.8, 4) is 0 Å². The van der Waals surface area contributed by atoms with Crippen molar-refractivity contribution in [1.82, 2.24) is 20.9 Å². The Hall–Kier alpha value is -2.41. The minimum Gasteiger partial charge on any atom is -0.379 e. The summed E-state index contributed by atoms with van der Waals surface area (Å²) in [7, 11) is 0. The number of nitrogens with two attached hydrogens (primary N) is 1. The Morgan fingerprint density at radius 1 is 1.25 bits per heavy atom. The minimum absolute atomic E-state index is 0.00452. The van der Waals surface area contributed by atoms with Crippen molar-refractivity contribution in [2.24, 2.45) is 0 Å². The fourth-order valence-corrected chi connectivity index (χ4v) is 1.64. The molecule has 0 aliphatic carbocycles. The van der Waals surface area contributed by atoms with Crippen LogP contribution in [0, 0.1) is 6.92 Å². The van der Waals surface area contributed by atoms with Crippen LogP contribution >= 0.6 is 0 Å². The molecule has 0 saturated carbocycles. The lowest BCUT2D eigenvalue weighted by atomic mass is 10.1. The Morgan fingerprint density at radius 3 is 2.65 bits per heavy atom. The number of amides is 1. The third kappa shape index (κ3) is 3.79. The second kappa shape index (κ2) is 6.67. The Balaban J connectivity index is 1.66. The molecule has 1 heterocycles. The fourth-order valence-electron chi connectivity index (χ4n) is 1.64. The van der Waals surface area contributed by atoms with Crippen molar-refractivity contribution >= 4 is 11.7 Å². The van der Waals surface area contributed by atoms with Gasteiger partial charge in [0.1, 0.15) is 0 Å². The Morgan fingerprint density at radius 2 is 2.00 bits per heavy atom. The van der Waals surface area contributed by atoms with Gasteiger partial charge < -0.3 is 16.4 Å². The zero-order valence-electron chi connectivity index (χ0n) is 11.2. The first-order chi connectivity index (χ1) is 9.66.